The number of hydrogen-bond donors (Lipinski definition) is 1. The van der Waals surface area contributed by atoms with Crippen molar-refractivity contribution < 1.29 is 9.18 Å². The van der Waals surface area contributed by atoms with Crippen molar-refractivity contribution in [3.63, 3.8) is 0 Å². The summed E-state index contributed by atoms with van der Waals surface area (Å²) in [7, 11) is 0. The minimum Gasteiger partial charge on any atom is -0.350 e. The number of amidine groups is 1. The van der Waals surface area contributed by atoms with E-state index in [0.29, 0.717) is 48.9 Å². The number of alkyl halides is 1. The maximum absolute atomic E-state index is 13.6. The molecule has 152 valence electrons. The van der Waals surface area contributed by atoms with Crippen LogP contribution in [0, 0.1) is 0 Å². The zero-order chi connectivity index (χ0) is 20.7. The van der Waals surface area contributed by atoms with Gasteiger partial charge in [0.2, 0.25) is 0 Å². The average Bonchev–Trinajstić information content (AvgIpc) is 2.69. The molecular weight excluding hydrogens is 402 g/mol. The average molecular weight is 427 g/mol. The predicted octanol–water partition coefficient (Wildman–Crippen LogP) is 4.55. The number of piperidine rings is 1. The first-order valence-electron chi connectivity index (χ1n) is 9.11. The molecule has 1 aliphatic heterocycles. The highest BCUT2D eigenvalue weighted by atomic mass is 35.5. The first-order valence-corrected chi connectivity index (χ1v) is 9.87. The van der Waals surface area contributed by atoms with Gasteiger partial charge in [0.25, 0.3) is 5.91 Å². The molecule has 1 fully saturated rings. The number of hydrogen-bond acceptors (Lipinski definition) is 3. The van der Waals surface area contributed by atoms with Gasteiger partial charge in [-0.05, 0) is 51.1 Å². The highest BCUT2D eigenvalue weighted by Crippen LogP contribution is 2.25. The molecule has 8 heteroatoms. The molecule has 0 aromatic heterocycles. The van der Waals surface area contributed by atoms with Gasteiger partial charge in [-0.1, -0.05) is 29.3 Å². The molecule has 1 N–H and O–H groups in total. The third-order valence-electron chi connectivity index (χ3n) is 4.76. The summed E-state index contributed by atoms with van der Waals surface area (Å²) in [6, 6.07) is 4.82. The minimum atomic E-state index is -0.772. The van der Waals surface area contributed by atoms with E-state index in [1.54, 1.807) is 31.3 Å². The number of benzene rings is 1. The van der Waals surface area contributed by atoms with Crippen LogP contribution in [0.1, 0.15) is 37.0 Å². The van der Waals surface area contributed by atoms with Crippen LogP contribution in [0.15, 0.2) is 40.0 Å². The van der Waals surface area contributed by atoms with Crippen LogP contribution in [0.5, 0.6) is 0 Å². The largest absolute Gasteiger partial charge is 0.350 e. The number of aliphatic imine (C=N–C) groups is 2. The molecular formula is C20H25Cl2FN4O. The van der Waals surface area contributed by atoms with E-state index in [1.807, 2.05) is 6.92 Å². The second kappa shape index (κ2) is 10.7. The summed E-state index contributed by atoms with van der Waals surface area (Å²) in [6.45, 7) is 8.72. The number of nitrogens with zero attached hydrogens (tertiary/aromatic N) is 3. The van der Waals surface area contributed by atoms with Crippen molar-refractivity contribution in [1.82, 2.24) is 10.2 Å². The predicted molar refractivity (Wildman–Crippen MR) is 115 cm³/mol. The van der Waals surface area contributed by atoms with E-state index in [1.165, 1.54) is 0 Å². The van der Waals surface area contributed by atoms with Crippen LogP contribution in [0.3, 0.4) is 0 Å². The van der Waals surface area contributed by atoms with Crippen LogP contribution < -0.4 is 5.32 Å². The van der Waals surface area contributed by atoms with E-state index >= 15 is 0 Å². The molecule has 28 heavy (non-hydrogen) atoms. The molecule has 1 aromatic carbocycles. The number of carbonyl (C=O) groups is 1. The molecule has 1 atom stereocenters. The van der Waals surface area contributed by atoms with Gasteiger partial charge >= 0.3 is 0 Å². The zero-order valence-electron chi connectivity index (χ0n) is 16.1. The van der Waals surface area contributed by atoms with E-state index in [2.05, 4.69) is 26.9 Å². The molecule has 1 aliphatic rings. The summed E-state index contributed by atoms with van der Waals surface area (Å²) in [5.41, 5.74) is 1.26. The molecule has 1 unspecified atom stereocenters. The standard InChI is InChI=1S/C20H25Cl2FN4O/c1-13(11-25-14(2)24-3)18(27-9-7-15(23)8-10-27)12-26-20(28)16-5-4-6-17(21)19(16)22/h4-6,11,15,18H,3,7-10,12H2,1-2H3,(H,26,28)/b13-11+,25-14-. The summed E-state index contributed by atoms with van der Waals surface area (Å²) in [5.74, 6) is 0.244. The molecule has 0 aliphatic carbocycles. The molecule has 0 saturated carbocycles. The fourth-order valence-corrected chi connectivity index (χ4v) is 3.43. The van der Waals surface area contributed by atoms with E-state index in [4.69, 9.17) is 23.2 Å². The van der Waals surface area contributed by atoms with Gasteiger partial charge in [-0.15, -0.1) is 0 Å². The third kappa shape index (κ3) is 6.12. The molecule has 0 bridgehead atoms. The highest BCUT2D eigenvalue weighted by Gasteiger charge is 2.26. The second-order valence-corrected chi connectivity index (χ2v) is 7.53. The number of rotatable bonds is 6. The van der Waals surface area contributed by atoms with E-state index in [-0.39, 0.29) is 17.0 Å². The summed E-state index contributed by atoms with van der Waals surface area (Å²) in [4.78, 5) is 22.8. The van der Waals surface area contributed by atoms with Gasteiger partial charge in [-0.2, -0.15) is 0 Å². The zero-order valence-corrected chi connectivity index (χ0v) is 17.6. The van der Waals surface area contributed by atoms with Crippen LogP contribution in [0.4, 0.5) is 4.39 Å². The van der Waals surface area contributed by atoms with Crippen molar-refractivity contribution in [2.24, 2.45) is 9.98 Å². The number of halogens is 3. The smallest absolute Gasteiger partial charge is 0.252 e. The van der Waals surface area contributed by atoms with E-state index in [9.17, 15) is 9.18 Å². The quantitative estimate of drug-likeness (QED) is 0.535. The molecule has 0 spiro atoms. The topological polar surface area (TPSA) is 57.1 Å². The first kappa shape index (κ1) is 22.5. The Morgan fingerprint density at radius 2 is 2.07 bits per heavy atom. The fraction of sp³-hybridized carbons (Fsp3) is 0.450. The van der Waals surface area contributed by atoms with Crippen molar-refractivity contribution >= 4 is 41.7 Å². The normalized spacial score (nSPS) is 18.0. The summed E-state index contributed by atoms with van der Waals surface area (Å²) >= 11 is 12.1. The summed E-state index contributed by atoms with van der Waals surface area (Å²) < 4.78 is 13.6. The van der Waals surface area contributed by atoms with Crippen LogP contribution in [0.25, 0.3) is 0 Å². The first-order chi connectivity index (χ1) is 13.3. The molecule has 5 nitrogen and oxygen atoms in total. The molecule has 0 radical (unpaired) electrons. The Hall–Kier alpha value is -1.76. The lowest BCUT2D eigenvalue weighted by atomic mass is 10.0. The van der Waals surface area contributed by atoms with Gasteiger partial charge in [0, 0.05) is 31.9 Å². The van der Waals surface area contributed by atoms with Crippen molar-refractivity contribution in [2.45, 2.75) is 38.9 Å². The van der Waals surface area contributed by atoms with Gasteiger partial charge in [-0.3, -0.25) is 9.69 Å². The summed E-state index contributed by atoms with van der Waals surface area (Å²) in [6.07, 6.45) is 1.91. The number of likely N-dealkylation sites (tertiary alicyclic amines) is 1. The molecule has 1 amide bonds. The van der Waals surface area contributed by atoms with Crippen molar-refractivity contribution in [3.8, 4) is 0 Å². The SMILES string of the molecule is C=N/C(C)=N\C=C(/C)C(CNC(=O)c1cccc(Cl)c1Cl)N1CCC(F)CC1. The Morgan fingerprint density at radius 3 is 2.71 bits per heavy atom. The van der Waals surface area contributed by atoms with Crippen molar-refractivity contribution in [2.75, 3.05) is 19.6 Å². The second-order valence-electron chi connectivity index (χ2n) is 6.75. The van der Waals surface area contributed by atoms with Crippen molar-refractivity contribution in [3.05, 3.63) is 45.6 Å². The Labute approximate surface area is 175 Å². The molecule has 1 heterocycles. The molecule has 1 saturated heterocycles. The lowest BCUT2D eigenvalue weighted by Gasteiger charge is -2.36. The van der Waals surface area contributed by atoms with E-state index < -0.39 is 6.17 Å². The lowest BCUT2D eigenvalue weighted by molar-refractivity contribution is 0.0914. The highest BCUT2D eigenvalue weighted by molar-refractivity contribution is 6.43. The van der Waals surface area contributed by atoms with Crippen LogP contribution >= 0.6 is 23.2 Å². The maximum atomic E-state index is 13.6. The molecule has 2 rings (SSSR count). The Bertz CT molecular complexity index is 773. The number of carbonyl (C=O) groups excluding carboxylic acids is 1. The van der Waals surface area contributed by atoms with Crippen LogP contribution in [-0.2, 0) is 0 Å². The minimum absolute atomic E-state index is 0.115. The van der Waals surface area contributed by atoms with Crippen LogP contribution in [-0.4, -0.2) is 55.2 Å². The summed E-state index contributed by atoms with van der Waals surface area (Å²) in [5, 5.41) is 3.47. The van der Waals surface area contributed by atoms with E-state index in [0.717, 1.165) is 5.57 Å². The Balaban J connectivity index is 2.15. The monoisotopic (exact) mass is 426 g/mol. The Kier molecular flexibility index (Phi) is 8.60. The van der Waals surface area contributed by atoms with Gasteiger partial charge in [0.15, 0.2) is 0 Å². The fourth-order valence-electron chi connectivity index (χ4n) is 3.04. The number of amides is 1. The lowest BCUT2D eigenvalue weighted by Crippen LogP contribution is -2.48. The third-order valence-corrected chi connectivity index (χ3v) is 5.58. The maximum Gasteiger partial charge on any atom is 0.252 e. The Morgan fingerprint density at radius 1 is 1.39 bits per heavy atom. The van der Waals surface area contributed by atoms with Gasteiger partial charge in [0.1, 0.15) is 12.0 Å². The van der Waals surface area contributed by atoms with Crippen LogP contribution in [0.2, 0.25) is 10.0 Å². The van der Waals surface area contributed by atoms with Gasteiger partial charge in [-0.25, -0.2) is 14.4 Å². The van der Waals surface area contributed by atoms with Gasteiger partial charge < -0.3 is 5.32 Å². The van der Waals surface area contributed by atoms with Gasteiger partial charge in [0.05, 0.1) is 15.6 Å². The number of nitrogens with one attached hydrogen (secondary N) is 1. The van der Waals surface area contributed by atoms with Crippen molar-refractivity contribution in [1.29, 1.82) is 0 Å². The molecule has 1 aromatic rings.